The lowest BCUT2D eigenvalue weighted by Gasteiger charge is -2.35. The summed E-state index contributed by atoms with van der Waals surface area (Å²) in [4.78, 5) is 109. The number of esters is 1. The number of anilines is 1. The Morgan fingerprint density at radius 1 is 0.973 bits per heavy atom. The van der Waals surface area contributed by atoms with E-state index in [1.54, 1.807) is 28.1 Å². The molecule has 35 heteroatoms. The highest BCUT2D eigenvalue weighted by atomic mass is 32.2. The quantitative estimate of drug-likeness (QED) is 0.0141. The minimum atomic E-state index is -5.58. The zero-order valence-electron chi connectivity index (χ0n) is 41.4. The second kappa shape index (κ2) is 27.4. The van der Waals surface area contributed by atoms with Gasteiger partial charge in [-0.25, -0.2) is 28.6 Å². The molecule has 73 heavy (non-hydrogen) atoms. The Balaban J connectivity index is 0.000000857. The van der Waals surface area contributed by atoms with E-state index in [2.05, 4.69) is 34.4 Å². The summed E-state index contributed by atoms with van der Waals surface area (Å²) >= 11 is 0.947. The Kier molecular flexibility index (Phi) is 24.6. The lowest BCUT2D eigenvalue weighted by atomic mass is 9.87. The number of aliphatic carboxylic acids is 1. The molecule has 3 rings (SSSR count). The molecule has 12 N–H and O–H groups in total. The number of fused-ring (bicyclic) bond motifs is 1. The lowest BCUT2D eigenvalue weighted by Crippen LogP contribution is -2.54. The van der Waals surface area contributed by atoms with Crippen molar-refractivity contribution in [3.63, 3.8) is 0 Å². The molecule has 0 radical (unpaired) electrons. The van der Waals surface area contributed by atoms with Crippen molar-refractivity contribution >= 4 is 81.1 Å². The number of rotatable bonds is 28. The predicted molar refractivity (Wildman–Crippen MR) is 251 cm³/mol. The molecular formula is C38H67N8O23P3S. The minimum absolute atomic E-state index is 0.0230. The van der Waals surface area contributed by atoms with Crippen LogP contribution in [0.15, 0.2) is 12.7 Å². The second-order valence-electron chi connectivity index (χ2n) is 18.8. The van der Waals surface area contributed by atoms with Gasteiger partial charge in [0.1, 0.15) is 42.8 Å². The summed E-state index contributed by atoms with van der Waals surface area (Å²) in [5.74, 6) is -5.85. The first-order valence-electron chi connectivity index (χ1n) is 22.0. The van der Waals surface area contributed by atoms with Crippen molar-refractivity contribution in [2.24, 2.45) is 17.3 Å². The Morgan fingerprint density at radius 3 is 2.15 bits per heavy atom. The van der Waals surface area contributed by atoms with Crippen molar-refractivity contribution in [3.8, 4) is 0 Å². The number of nitrogen functional groups attached to an aromatic ring is 1. The fraction of sp³-hybridized carbons (Fsp3) is 0.737. The monoisotopic (exact) mass is 1130 g/mol. The Morgan fingerprint density at radius 2 is 1.59 bits per heavy atom. The Labute approximate surface area is 423 Å². The number of thioether (sulfide) groups is 1. The van der Waals surface area contributed by atoms with E-state index in [0.717, 1.165) is 29.0 Å². The van der Waals surface area contributed by atoms with Gasteiger partial charge in [-0.15, -0.1) is 0 Å². The highest BCUT2D eigenvalue weighted by Crippen LogP contribution is 2.61. The third-order valence-corrected chi connectivity index (χ3v) is 14.0. The molecule has 1 aliphatic rings. The molecule has 2 aromatic heterocycles. The molecule has 0 saturated carbocycles. The van der Waals surface area contributed by atoms with Gasteiger partial charge < -0.3 is 80.2 Å². The standard InChI is InChI=1S/C26H44N7O18P3S.C12H23NO5/c1-13(14(2)34)25(39)55-8-7-28-16(35)5-6-29-23(38)20(37)26(3,4)10-48-54(45,46)51-53(43,44)47-9-15-19(50-52(40,41)42)18(36)24(49-15)33-12-32-17-21(27)30-11-31-22(17)33;1-9(2)6-11(16)18-12(17,7-10(14)15)8-13(3,4)5/h11-15,18-20,24,34,36-37H,5-10H2,1-4H3,(H,28,35)(H,29,38)(H,43,44)(H,45,46)(H2,27,30,31)(H2,40,41,42);9,17H,6-8H2,1-5H3/t13?,14?,15-,18-,19-,20+,24-;/m1./s1. The number of nitrogens with zero attached hydrogens (tertiary/aromatic N) is 5. The van der Waals surface area contributed by atoms with Crippen LogP contribution in [-0.4, -0.2) is 189 Å². The summed E-state index contributed by atoms with van der Waals surface area (Å²) in [7, 11) is -11.1. The molecule has 1 saturated heterocycles. The van der Waals surface area contributed by atoms with E-state index < -0.39 is 121 Å². The van der Waals surface area contributed by atoms with Crippen LogP contribution in [0.5, 0.6) is 0 Å². The number of phosphoric ester groups is 3. The number of nitrogens with two attached hydrogens (primary N) is 1. The number of phosphoric acid groups is 3. The average molecular weight is 1130 g/mol. The predicted octanol–water partition coefficient (Wildman–Crippen LogP) is -2.21. The number of hydrogen-bond donors (Lipinski definition) is 11. The van der Waals surface area contributed by atoms with E-state index in [0.29, 0.717) is 0 Å². The number of aliphatic hydroxyl groups is 4. The van der Waals surface area contributed by atoms with Crippen LogP contribution in [0, 0.1) is 17.3 Å². The van der Waals surface area contributed by atoms with Crippen LogP contribution in [0.1, 0.15) is 67.0 Å². The first-order chi connectivity index (χ1) is 33.3. The number of nitrogens with one attached hydrogen (secondary N) is 2. The number of carbonyl (C=O) groups excluding carboxylic acids is 5. The number of likely N-dealkylation sites (N-methyl/N-ethyl adjacent to an activating group) is 1. The Hall–Kier alpha value is -3.62. The van der Waals surface area contributed by atoms with Crippen LogP contribution in [0.4, 0.5) is 5.82 Å². The van der Waals surface area contributed by atoms with Crippen LogP contribution in [0.25, 0.3) is 11.2 Å². The zero-order valence-corrected chi connectivity index (χ0v) is 44.9. The van der Waals surface area contributed by atoms with Gasteiger partial charge in [-0.05, 0) is 12.8 Å². The van der Waals surface area contributed by atoms with Crippen LogP contribution in [0.2, 0.25) is 0 Å². The molecule has 0 aliphatic carbocycles. The maximum atomic E-state index is 12.7. The van der Waals surface area contributed by atoms with Crippen LogP contribution >= 0.6 is 35.2 Å². The van der Waals surface area contributed by atoms with Gasteiger partial charge >= 0.3 is 29.4 Å². The van der Waals surface area contributed by atoms with Gasteiger partial charge in [-0.1, -0.05) is 46.4 Å². The van der Waals surface area contributed by atoms with Gasteiger partial charge in [0.15, 0.2) is 22.8 Å². The number of ether oxygens (including phenoxy) is 2. The third kappa shape index (κ3) is 23.0. The molecule has 1 fully saturated rings. The van der Waals surface area contributed by atoms with E-state index in [1.807, 2.05) is 13.8 Å². The minimum Gasteiger partial charge on any atom is -0.550 e. The van der Waals surface area contributed by atoms with Crippen molar-refractivity contribution < 1.29 is 115 Å². The van der Waals surface area contributed by atoms with Gasteiger partial charge in [-0.2, -0.15) is 4.31 Å². The van der Waals surface area contributed by atoms with Crippen LogP contribution in [-0.2, 0) is 65.0 Å². The van der Waals surface area contributed by atoms with Crippen LogP contribution < -0.4 is 21.5 Å². The maximum absolute atomic E-state index is 12.7. The third-order valence-electron chi connectivity index (χ3n) is 9.86. The summed E-state index contributed by atoms with van der Waals surface area (Å²) in [6, 6.07) is 0. The first kappa shape index (κ1) is 65.5. The molecule has 1 aliphatic heterocycles. The van der Waals surface area contributed by atoms with E-state index in [9.17, 15) is 82.8 Å². The largest absolute Gasteiger partial charge is 0.550 e. The molecular weight excluding hydrogens is 1060 g/mol. The topological polar surface area (TPSA) is 471 Å². The van der Waals surface area contributed by atoms with Gasteiger partial charge in [0.05, 0.1) is 59.1 Å². The smallest absolute Gasteiger partial charge is 0.481 e. The van der Waals surface area contributed by atoms with Gasteiger partial charge in [0.2, 0.25) is 11.8 Å². The zero-order chi connectivity index (χ0) is 56.1. The van der Waals surface area contributed by atoms with Gasteiger partial charge in [0.25, 0.3) is 5.79 Å². The summed E-state index contributed by atoms with van der Waals surface area (Å²) in [6.45, 7) is 7.06. The van der Waals surface area contributed by atoms with Gasteiger partial charge in [-0.3, -0.25) is 37.3 Å². The number of aromatic nitrogens is 4. The lowest BCUT2D eigenvalue weighted by molar-refractivity contribution is -0.880. The number of amides is 2. The summed E-state index contributed by atoms with van der Waals surface area (Å²) in [5.41, 5.74) is 4.23. The second-order valence-corrected chi connectivity index (χ2v) is 24.1. The molecule has 31 nitrogen and oxygen atoms in total. The first-order valence-corrected chi connectivity index (χ1v) is 27.5. The Bertz CT molecular complexity index is 2350. The number of carbonyl (C=O) groups is 5. The summed E-state index contributed by atoms with van der Waals surface area (Å²) in [5, 5.41) is 56.2. The van der Waals surface area contributed by atoms with Crippen molar-refractivity contribution in [1.82, 2.24) is 30.2 Å². The van der Waals surface area contributed by atoms with E-state index in [-0.39, 0.29) is 70.7 Å². The number of carboxylic acid groups (broad SMARTS) is 1. The maximum Gasteiger partial charge on any atom is 0.481 e. The normalized spacial score (nSPS) is 21.1. The number of hydrogen-bond acceptors (Lipinski definition) is 24. The highest BCUT2D eigenvalue weighted by Gasteiger charge is 2.50. The molecule has 2 amide bonds. The molecule has 0 spiro atoms. The summed E-state index contributed by atoms with van der Waals surface area (Å²) < 4.78 is 67.2. The van der Waals surface area contributed by atoms with E-state index in [4.69, 9.17) is 24.3 Å². The van der Waals surface area contributed by atoms with E-state index >= 15 is 0 Å². The molecule has 0 aromatic carbocycles. The molecule has 3 heterocycles. The molecule has 2 aromatic rings. The van der Waals surface area contributed by atoms with Crippen molar-refractivity contribution in [2.45, 2.75) is 103 Å². The van der Waals surface area contributed by atoms with Gasteiger partial charge in [0, 0.05) is 43.1 Å². The number of imidazole rings is 1. The molecule has 418 valence electrons. The number of carboxylic acids is 1. The summed E-state index contributed by atoms with van der Waals surface area (Å²) in [6.07, 6.45) is -8.40. The molecule has 10 atom stereocenters. The highest BCUT2D eigenvalue weighted by molar-refractivity contribution is 8.13. The van der Waals surface area contributed by atoms with Crippen molar-refractivity contribution in [1.29, 1.82) is 0 Å². The molecule has 5 unspecified atom stereocenters. The number of aliphatic hydroxyl groups excluding tert-OH is 3. The number of quaternary nitrogens is 1. The SMILES string of the molecule is CC(C)CC(=O)OC(O)(CC(=O)[O-])C[N+](C)(C)C.CC(O)C(C)C(=O)SCCNC(=O)CCNC(=O)[C@H](O)C(C)(C)COP(=O)(O)OP(=O)(O)OC[C@H]1O[C@@H](n2cnc3c(N)ncnc32)[C@H](O)[C@@H]1OP(=O)(O)O. The van der Waals surface area contributed by atoms with Crippen molar-refractivity contribution in [2.75, 3.05) is 65.5 Å². The molecule has 0 bridgehead atoms. The van der Waals surface area contributed by atoms with Crippen LogP contribution in [0.3, 0.4) is 0 Å². The van der Waals surface area contributed by atoms with Crippen molar-refractivity contribution in [3.05, 3.63) is 12.7 Å². The van der Waals surface area contributed by atoms with E-state index in [1.165, 1.54) is 20.8 Å². The fourth-order valence-corrected chi connectivity index (χ4v) is 9.98. The average Bonchev–Trinajstić information content (AvgIpc) is 3.78. The fourth-order valence-electron chi connectivity index (χ4n) is 6.29.